The van der Waals surface area contributed by atoms with Crippen LogP contribution in [0.15, 0.2) is 24.4 Å². The summed E-state index contributed by atoms with van der Waals surface area (Å²) in [5.74, 6) is -0.0904. The van der Waals surface area contributed by atoms with Crippen molar-refractivity contribution in [3.05, 3.63) is 30.1 Å². The molecule has 1 fully saturated rings. The Bertz CT molecular complexity index is 367. The highest BCUT2D eigenvalue weighted by molar-refractivity contribution is 5.92. The Morgan fingerprint density at radius 3 is 3.06 bits per heavy atom. The number of carbonyl (C=O) groups is 1. The van der Waals surface area contributed by atoms with Crippen molar-refractivity contribution in [2.75, 3.05) is 7.11 Å². The van der Waals surface area contributed by atoms with Crippen LogP contribution in [0, 0.1) is 0 Å². The number of nitrogens with one attached hydrogen (secondary N) is 1. The number of hydrogen-bond acceptors (Lipinski definition) is 3. The van der Waals surface area contributed by atoms with Gasteiger partial charge in [0.25, 0.3) is 5.91 Å². The van der Waals surface area contributed by atoms with Gasteiger partial charge in [-0.2, -0.15) is 0 Å². The van der Waals surface area contributed by atoms with Crippen molar-refractivity contribution in [1.29, 1.82) is 0 Å². The third kappa shape index (κ3) is 3.27. The molecule has 2 unspecified atom stereocenters. The van der Waals surface area contributed by atoms with Crippen molar-refractivity contribution in [3.63, 3.8) is 0 Å². The van der Waals surface area contributed by atoms with E-state index in [1.54, 1.807) is 25.4 Å². The molecule has 17 heavy (non-hydrogen) atoms. The summed E-state index contributed by atoms with van der Waals surface area (Å²) in [6, 6.07) is 5.56. The van der Waals surface area contributed by atoms with Gasteiger partial charge >= 0.3 is 0 Å². The number of pyridine rings is 1. The summed E-state index contributed by atoms with van der Waals surface area (Å²) in [5, 5.41) is 3.02. The maximum atomic E-state index is 11.9. The number of hydrogen-bond donors (Lipinski definition) is 1. The summed E-state index contributed by atoms with van der Waals surface area (Å²) in [7, 11) is 1.73. The molecule has 1 aliphatic carbocycles. The minimum absolute atomic E-state index is 0.0904. The predicted molar refractivity (Wildman–Crippen MR) is 64.8 cm³/mol. The highest BCUT2D eigenvalue weighted by atomic mass is 16.5. The SMILES string of the molecule is COC1CCCC(NC(=O)c2ccccn2)C1. The Balaban J connectivity index is 1.90. The van der Waals surface area contributed by atoms with Crippen LogP contribution in [0.4, 0.5) is 0 Å². The van der Waals surface area contributed by atoms with Crippen molar-refractivity contribution in [2.45, 2.75) is 37.8 Å². The molecule has 4 heteroatoms. The number of aromatic nitrogens is 1. The van der Waals surface area contributed by atoms with Crippen molar-refractivity contribution >= 4 is 5.91 Å². The fourth-order valence-corrected chi connectivity index (χ4v) is 2.25. The Kier molecular flexibility index (Phi) is 4.09. The van der Waals surface area contributed by atoms with Gasteiger partial charge in [0, 0.05) is 19.3 Å². The number of ether oxygens (including phenoxy) is 1. The molecule has 1 heterocycles. The van der Waals surface area contributed by atoms with E-state index in [9.17, 15) is 4.79 Å². The number of amides is 1. The summed E-state index contributed by atoms with van der Waals surface area (Å²) >= 11 is 0. The second kappa shape index (κ2) is 5.77. The molecule has 2 rings (SSSR count). The monoisotopic (exact) mass is 234 g/mol. The molecular formula is C13H18N2O2. The first-order chi connectivity index (χ1) is 8.29. The van der Waals surface area contributed by atoms with Gasteiger partial charge in [0.2, 0.25) is 0 Å². The molecule has 0 bridgehead atoms. The lowest BCUT2D eigenvalue weighted by Gasteiger charge is -2.28. The lowest BCUT2D eigenvalue weighted by atomic mass is 9.93. The van der Waals surface area contributed by atoms with Gasteiger partial charge in [-0.25, -0.2) is 0 Å². The Morgan fingerprint density at radius 2 is 2.35 bits per heavy atom. The van der Waals surface area contributed by atoms with Crippen LogP contribution in [0.1, 0.15) is 36.2 Å². The van der Waals surface area contributed by atoms with E-state index in [4.69, 9.17) is 4.74 Å². The zero-order chi connectivity index (χ0) is 12.1. The number of rotatable bonds is 3. The summed E-state index contributed by atoms with van der Waals surface area (Å²) < 4.78 is 5.34. The Morgan fingerprint density at radius 1 is 1.47 bits per heavy atom. The van der Waals surface area contributed by atoms with E-state index in [2.05, 4.69) is 10.3 Å². The van der Waals surface area contributed by atoms with Crippen LogP contribution in [0.2, 0.25) is 0 Å². The molecule has 0 radical (unpaired) electrons. The molecule has 0 aliphatic heterocycles. The van der Waals surface area contributed by atoms with Crippen molar-refractivity contribution in [2.24, 2.45) is 0 Å². The van der Waals surface area contributed by atoms with Crippen LogP contribution in [0.3, 0.4) is 0 Å². The fraction of sp³-hybridized carbons (Fsp3) is 0.538. The predicted octanol–water partition coefficient (Wildman–Crippen LogP) is 1.77. The second-order valence-electron chi connectivity index (χ2n) is 4.41. The van der Waals surface area contributed by atoms with Gasteiger partial charge in [0.1, 0.15) is 5.69 Å². The standard InChI is InChI=1S/C13H18N2O2/c1-17-11-6-4-5-10(9-11)15-13(16)12-7-2-3-8-14-12/h2-3,7-8,10-11H,4-6,9H2,1H3,(H,15,16). The van der Waals surface area contributed by atoms with Crippen LogP contribution in [0.25, 0.3) is 0 Å². The van der Waals surface area contributed by atoms with Crippen LogP contribution < -0.4 is 5.32 Å². The van der Waals surface area contributed by atoms with E-state index in [1.807, 2.05) is 6.07 Å². The van der Waals surface area contributed by atoms with Crippen LogP contribution in [-0.4, -0.2) is 30.1 Å². The molecule has 1 aromatic rings. The summed E-state index contributed by atoms with van der Waals surface area (Å²) in [6.07, 6.45) is 6.03. The fourth-order valence-electron chi connectivity index (χ4n) is 2.25. The highest BCUT2D eigenvalue weighted by Gasteiger charge is 2.23. The molecule has 92 valence electrons. The quantitative estimate of drug-likeness (QED) is 0.867. The molecule has 1 aromatic heterocycles. The average molecular weight is 234 g/mol. The summed E-state index contributed by atoms with van der Waals surface area (Å²) in [4.78, 5) is 15.9. The molecule has 1 saturated carbocycles. The molecule has 1 N–H and O–H groups in total. The van der Waals surface area contributed by atoms with E-state index in [0.29, 0.717) is 5.69 Å². The van der Waals surface area contributed by atoms with Crippen molar-refractivity contribution < 1.29 is 9.53 Å². The van der Waals surface area contributed by atoms with Crippen LogP contribution in [-0.2, 0) is 4.74 Å². The lowest BCUT2D eigenvalue weighted by molar-refractivity contribution is 0.0562. The minimum Gasteiger partial charge on any atom is -0.381 e. The van der Waals surface area contributed by atoms with E-state index in [1.165, 1.54) is 0 Å². The van der Waals surface area contributed by atoms with Gasteiger partial charge in [-0.3, -0.25) is 9.78 Å². The van der Waals surface area contributed by atoms with E-state index >= 15 is 0 Å². The van der Waals surface area contributed by atoms with Crippen LogP contribution in [0.5, 0.6) is 0 Å². The molecule has 1 aliphatic rings. The van der Waals surface area contributed by atoms with Crippen molar-refractivity contribution in [3.8, 4) is 0 Å². The molecule has 4 nitrogen and oxygen atoms in total. The van der Waals surface area contributed by atoms with Gasteiger partial charge in [-0.05, 0) is 37.8 Å². The molecule has 0 aromatic carbocycles. The topological polar surface area (TPSA) is 51.2 Å². The van der Waals surface area contributed by atoms with Crippen molar-refractivity contribution in [1.82, 2.24) is 10.3 Å². The van der Waals surface area contributed by atoms with Gasteiger partial charge in [0.15, 0.2) is 0 Å². The van der Waals surface area contributed by atoms with E-state index < -0.39 is 0 Å². The first-order valence-corrected chi connectivity index (χ1v) is 6.04. The van der Waals surface area contributed by atoms with Gasteiger partial charge in [0.05, 0.1) is 6.10 Å². The van der Waals surface area contributed by atoms with E-state index in [0.717, 1.165) is 25.7 Å². The first-order valence-electron chi connectivity index (χ1n) is 6.04. The number of carbonyl (C=O) groups excluding carboxylic acids is 1. The van der Waals surface area contributed by atoms with E-state index in [-0.39, 0.29) is 18.1 Å². The third-order valence-electron chi connectivity index (χ3n) is 3.19. The lowest BCUT2D eigenvalue weighted by Crippen LogP contribution is -2.40. The van der Waals surface area contributed by atoms with Gasteiger partial charge < -0.3 is 10.1 Å². The maximum absolute atomic E-state index is 11.9. The summed E-state index contributed by atoms with van der Waals surface area (Å²) in [5.41, 5.74) is 0.479. The zero-order valence-corrected chi connectivity index (χ0v) is 10.1. The Labute approximate surface area is 101 Å². The second-order valence-corrected chi connectivity index (χ2v) is 4.41. The highest BCUT2D eigenvalue weighted by Crippen LogP contribution is 2.20. The maximum Gasteiger partial charge on any atom is 0.270 e. The van der Waals surface area contributed by atoms with Crippen LogP contribution >= 0.6 is 0 Å². The molecule has 0 saturated heterocycles. The van der Waals surface area contributed by atoms with Gasteiger partial charge in [-0.15, -0.1) is 0 Å². The molecule has 0 spiro atoms. The zero-order valence-electron chi connectivity index (χ0n) is 10.1. The largest absolute Gasteiger partial charge is 0.381 e. The Hall–Kier alpha value is -1.42. The average Bonchev–Trinajstić information content (AvgIpc) is 2.40. The smallest absolute Gasteiger partial charge is 0.270 e. The molecule has 2 atom stereocenters. The number of nitrogens with zero attached hydrogens (tertiary/aromatic N) is 1. The molecule has 1 amide bonds. The summed E-state index contributed by atoms with van der Waals surface area (Å²) in [6.45, 7) is 0. The van der Waals surface area contributed by atoms with Gasteiger partial charge in [-0.1, -0.05) is 6.07 Å². The normalized spacial score (nSPS) is 24.3. The minimum atomic E-state index is -0.0904. The molecular weight excluding hydrogens is 216 g/mol. The first kappa shape index (κ1) is 12.0. The number of methoxy groups -OCH3 is 1. The third-order valence-corrected chi connectivity index (χ3v) is 3.19.